The summed E-state index contributed by atoms with van der Waals surface area (Å²) in [6.45, 7) is 1.43. The topological polar surface area (TPSA) is 61.9 Å². The van der Waals surface area contributed by atoms with Crippen molar-refractivity contribution in [3.05, 3.63) is 101 Å². The zero-order chi connectivity index (χ0) is 24.9. The Morgan fingerprint density at radius 3 is 2.37 bits per heavy atom. The van der Waals surface area contributed by atoms with Gasteiger partial charge in [-0.3, -0.25) is 9.59 Å². The van der Waals surface area contributed by atoms with Crippen LogP contribution in [0.3, 0.4) is 0 Å². The highest BCUT2D eigenvalue weighted by atomic mass is 19.1. The lowest BCUT2D eigenvalue weighted by atomic mass is 9.79. The fraction of sp³-hybridized carbons (Fsp3) is 0.286. The third-order valence-corrected chi connectivity index (χ3v) is 6.30. The number of likely N-dealkylation sites (N-methyl/N-ethyl adjacent to an activating group) is 1. The summed E-state index contributed by atoms with van der Waals surface area (Å²) in [5.41, 5.74) is 2.82. The number of nitrogens with one attached hydrogen (secondary N) is 1. The van der Waals surface area contributed by atoms with Gasteiger partial charge in [0.05, 0.1) is 19.1 Å². The summed E-state index contributed by atoms with van der Waals surface area (Å²) in [6.07, 6.45) is 0. The third-order valence-electron chi connectivity index (χ3n) is 6.30. The Morgan fingerprint density at radius 1 is 1.03 bits per heavy atom. The monoisotopic (exact) mass is 475 g/mol. The summed E-state index contributed by atoms with van der Waals surface area (Å²) in [5, 5.41) is 3.06. The van der Waals surface area contributed by atoms with Crippen LogP contribution < -0.4 is 10.1 Å². The number of benzene rings is 3. The maximum absolute atomic E-state index is 13.8. The van der Waals surface area contributed by atoms with Crippen molar-refractivity contribution in [2.75, 3.05) is 34.3 Å². The van der Waals surface area contributed by atoms with Gasteiger partial charge in [-0.1, -0.05) is 42.5 Å². The lowest BCUT2D eigenvalue weighted by molar-refractivity contribution is -0.124. The zero-order valence-electron chi connectivity index (χ0n) is 20.2. The second-order valence-electron chi connectivity index (χ2n) is 8.94. The van der Waals surface area contributed by atoms with E-state index in [2.05, 4.69) is 5.32 Å². The summed E-state index contributed by atoms with van der Waals surface area (Å²) in [5.74, 6) is -0.568. The number of ether oxygens (including phenoxy) is 1. The quantitative estimate of drug-likeness (QED) is 0.535. The molecule has 1 N–H and O–H groups in total. The van der Waals surface area contributed by atoms with Crippen LogP contribution in [0.2, 0.25) is 0 Å². The number of nitrogens with zero attached hydrogens (tertiary/aromatic N) is 2. The van der Waals surface area contributed by atoms with Crippen LogP contribution in [0.1, 0.15) is 39.0 Å². The van der Waals surface area contributed by atoms with E-state index < -0.39 is 12.0 Å². The molecule has 0 saturated heterocycles. The Kier molecular flexibility index (Phi) is 7.46. The molecule has 0 unspecified atom stereocenters. The van der Waals surface area contributed by atoms with Crippen molar-refractivity contribution < 1.29 is 18.7 Å². The van der Waals surface area contributed by atoms with Gasteiger partial charge in [-0.05, 0) is 61.1 Å². The number of fused-ring (bicyclic) bond motifs is 1. The molecule has 2 amide bonds. The van der Waals surface area contributed by atoms with Gasteiger partial charge in [0, 0.05) is 25.2 Å². The molecule has 3 aromatic carbocycles. The van der Waals surface area contributed by atoms with Crippen molar-refractivity contribution in [2.45, 2.75) is 18.5 Å². The van der Waals surface area contributed by atoms with E-state index in [0.717, 1.165) is 11.1 Å². The van der Waals surface area contributed by atoms with Gasteiger partial charge in [0.15, 0.2) is 0 Å². The van der Waals surface area contributed by atoms with Crippen LogP contribution in [0.15, 0.2) is 72.8 Å². The van der Waals surface area contributed by atoms with Gasteiger partial charge in [0.1, 0.15) is 11.6 Å². The molecule has 2 atom stereocenters. The number of carbonyl (C=O) groups is 2. The van der Waals surface area contributed by atoms with E-state index in [9.17, 15) is 14.0 Å². The molecule has 0 aliphatic carbocycles. The fourth-order valence-electron chi connectivity index (χ4n) is 4.52. The van der Waals surface area contributed by atoms with Gasteiger partial charge in [-0.25, -0.2) is 4.39 Å². The van der Waals surface area contributed by atoms with Crippen LogP contribution in [-0.4, -0.2) is 55.9 Å². The smallest absolute Gasteiger partial charge is 0.255 e. The van der Waals surface area contributed by atoms with E-state index in [1.54, 1.807) is 30.2 Å². The van der Waals surface area contributed by atoms with Crippen LogP contribution in [0.4, 0.5) is 4.39 Å². The molecule has 1 aliphatic rings. The molecule has 182 valence electrons. The lowest BCUT2D eigenvalue weighted by Crippen LogP contribution is -2.47. The van der Waals surface area contributed by atoms with E-state index in [1.807, 2.05) is 61.5 Å². The normalized spacial score (nSPS) is 17.3. The number of amides is 2. The molecule has 4 rings (SSSR count). The van der Waals surface area contributed by atoms with Crippen molar-refractivity contribution in [1.29, 1.82) is 0 Å². The second kappa shape index (κ2) is 10.7. The standard InChI is InChI=1S/C28H30FN3O3/c1-31(2)17-16-30-27(33)25-23-6-4-5-7-24(23)28(34)32(18-19-8-12-21(29)13-9-19)26(25)20-10-14-22(35-3)15-11-20/h4-15,25-26H,16-18H2,1-3H3,(H,30,33)/t25-,26-/m0/s1. The summed E-state index contributed by atoms with van der Waals surface area (Å²) >= 11 is 0. The maximum atomic E-state index is 13.8. The van der Waals surface area contributed by atoms with Crippen LogP contribution in [0.25, 0.3) is 0 Å². The van der Waals surface area contributed by atoms with Crippen LogP contribution >= 0.6 is 0 Å². The van der Waals surface area contributed by atoms with Gasteiger partial charge in [0.2, 0.25) is 5.91 Å². The first-order chi connectivity index (χ1) is 16.9. The Balaban J connectivity index is 1.80. The van der Waals surface area contributed by atoms with Gasteiger partial charge >= 0.3 is 0 Å². The molecule has 6 nitrogen and oxygen atoms in total. The Morgan fingerprint density at radius 2 is 1.71 bits per heavy atom. The highest BCUT2D eigenvalue weighted by Gasteiger charge is 2.44. The highest BCUT2D eigenvalue weighted by Crippen LogP contribution is 2.43. The number of methoxy groups -OCH3 is 1. The molecule has 0 fully saturated rings. The van der Waals surface area contributed by atoms with E-state index in [4.69, 9.17) is 4.74 Å². The summed E-state index contributed by atoms with van der Waals surface area (Å²) in [4.78, 5) is 31.1. The maximum Gasteiger partial charge on any atom is 0.255 e. The minimum atomic E-state index is -0.611. The summed E-state index contributed by atoms with van der Waals surface area (Å²) < 4.78 is 18.9. The molecule has 0 aromatic heterocycles. The number of carbonyl (C=O) groups excluding carboxylic acids is 2. The highest BCUT2D eigenvalue weighted by molar-refractivity contribution is 6.01. The number of rotatable bonds is 8. The number of hydrogen-bond donors (Lipinski definition) is 1. The molecule has 3 aromatic rings. The van der Waals surface area contributed by atoms with Crippen LogP contribution in [0, 0.1) is 5.82 Å². The van der Waals surface area contributed by atoms with Crippen LogP contribution in [-0.2, 0) is 11.3 Å². The zero-order valence-corrected chi connectivity index (χ0v) is 20.2. The Bertz CT molecular complexity index is 1180. The molecule has 35 heavy (non-hydrogen) atoms. The summed E-state index contributed by atoms with van der Waals surface area (Å²) in [6, 6.07) is 20.3. The van der Waals surface area contributed by atoms with E-state index in [1.165, 1.54) is 12.1 Å². The first-order valence-electron chi connectivity index (χ1n) is 11.6. The van der Waals surface area contributed by atoms with Crippen molar-refractivity contribution >= 4 is 11.8 Å². The average molecular weight is 476 g/mol. The minimum Gasteiger partial charge on any atom is -0.497 e. The van der Waals surface area contributed by atoms with E-state index in [-0.39, 0.29) is 24.2 Å². The SMILES string of the molecule is COc1ccc([C@H]2[C@@H](C(=O)NCCN(C)C)c3ccccc3C(=O)N2Cc2ccc(F)cc2)cc1. The number of hydrogen-bond acceptors (Lipinski definition) is 4. The average Bonchev–Trinajstić information content (AvgIpc) is 2.86. The van der Waals surface area contributed by atoms with Crippen molar-refractivity contribution in [3.63, 3.8) is 0 Å². The molecular weight excluding hydrogens is 445 g/mol. The minimum absolute atomic E-state index is 0.142. The molecule has 0 bridgehead atoms. The van der Waals surface area contributed by atoms with Gasteiger partial charge in [0.25, 0.3) is 5.91 Å². The lowest BCUT2D eigenvalue weighted by Gasteiger charge is -2.42. The van der Waals surface area contributed by atoms with Crippen LogP contribution in [0.5, 0.6) is 5.75 Å². The van der Waals surface area contributed by atoms with Crippen molar-refractivity contribution in [2.24, 2.45) is 0 Å². The predicted molar refractivity (Wildman–Crippen MR) is 133 cm³/mol. The number of halogens is 1. The molecule has 0 spiro atoms. The fourth-order valence-corrected chi connectivity index (χ4v) is 4.52. The first-order valence-corrected chi connectivity index (χ1v) is 11.6. The molecule has 0 radical (unpaired) electrons. The van der Waals surface area contributed by atoms with Crippen molar-refractivity contribution in [3.8, 4) is 5.75 Å². The Hall–Kier alpha value is -3.71. The molecule has 0 saturated carbocycles. The third kappa shape index (κ3) is 5.35. The van der Waals surface area contributed by atoms with Gasteiger partial charge in [-0.15, -0.1) is 0 Å². The van der Waals surface area contributed by atoms with E-state index >= 15 is 0 Å². The van der Waals surface area contributed by atoms with Gasteiger partial charge in [-0.2, -0.15) is 0 Å². The van der Waals surface area contributed by atoms with Crippen molar-refractivity contribution in [1.82, 2.24) is 15.1 Å². The molecule has 7 heteroatoms. The van der Waals surface area contributed by atoms with E-state index in [0.29, 0.717) is 30.0 Å². The summed E-state index contributed by atoms with van der Waals surface area (Å²) in [7, 11) is 5.49. The predicted octanol–water partition coefficient (Wildman–Crippen LogP) is 3.99. The molecule has 1 heterocycles. The van der Waals surface area contributed by atoms with Gasteiger partial charge < -0.3 is 19.9 Å². The molecule has 1 aliphatic heterocycles. The largest absolute Gasteiger partial charge is 0.497 e. The Labute approximate surface area is 205 Å². The second-order valence-corrected chi connectivity index (χ2v) is 8.94. The molecular formula is C28H30FN3O3. The first kappa shape index (κ1) is 24.4.